The van der Waals surface area contributed by atoms with Crippen LogP contribution in [0, 0.1) is 0 Å². The molecule has 1 aliphatic heterocycles. The Morgan fingerprint density at radius 2 is 1.61 bits per heavy atom. The van der Waals surface area contributed by atoms with Crippen LogP contribution in [0.25, 0.3) is 0 Å². The highest BCUT2D eigenvalue weighted by Crippen LogP contribution is 2.31. The van der Waals surface area contributed by atoms with E-state index in [1.165, 1.54) is 0 Å². The zero-order chi connectivity index (χ0) is 19.0. The Hall–Kier alpha value is -3.67. The number of hydrogen-bond acceptors (Lipinski definition) is 6. The van der Waals surface area contributed by atoms with Gasteiger partial charge >= 0.3 is 0 Å². The predicted molar refractivity (Wildman–Crippen MR) is 106 cm³/mol. The minimum absolute atomic E-state index is 0.341. The van der Waals surface area contributed by atoms with E-state index in [9.17, 15) is 0 Å². The van der Waals surface area contributed by atoms with Gasteiger partial charge in [0, 0.05) is 43.2 Å². The SMILES string of the molecule is C1=CC(Oc2cc(OCc3ccccn3)cc(Oc3ccccn3)c2)=NCC1. The Bertz CT molecular complexity index is 973. The van der Waals surface area contributed by atoms with Gasteiger partial charge in [0.25, 0.3) is 0 Å². The van der Waals surface area contributed by atoms with E-state index in [0.29, 0.717) is 35.6 Å². The molecule has 6 nitrogen and oxygen atoms in total. The molecule has 0 N–H and O–H groups in total. The lowest BCUT2D eigenvalue weighted by Crippen LogP contribution is -2.09. The van der Waals surface area contributed by atoms with Gasteiger partial charge in [-0.25, -0.2) is 4.98 Å². The van der Waals surface area contributed by atoms with Crippen molar-refractivity contribution in [2.45, 2.75) is 13.0 Å². The second kappa shape index (κ2) is 8.81. The molecule has 0 fully saturated rings. The third-order valence-corrected chi connectivity index (χ3v) is 3.87. The van der Waals surface area contributed by atoms with Gasteiger partial charge in [-0.1, -0.05) is 18.2 Å². The van der Waals surface area contributed by atoms with Crippen LogP contribution in [0.5, 0.6) is 23.1 Å². The molecule has 0 saturated carbocycles. The summed E-state index contributed by atoms with van der Waals surface area (Å²) in [6.45, 7) is 1.06. The standard InChI is InChI=1S/C22H19N3O3/c1-4-10-23-17(7-1)16-26-18-13-19(27-21-8-2-5-11-24-21)15-20(14-18)28-22-9-3-6-12-25-22/h1-5,7-11,13-15H,6,12,16H2. The number of rotatable bonds is 6. The minimum atomic E-state index is 0.341. The van der Waals surface area contributed by atoms with E-state index in [4.69, 9.17) is 14.2 Å². The van der Waals surface area contributed by atoms with Gasteiger partial charge < -0.3 is 14.2 Å². The van der Waals surface area contributed by atoms with Crippen molar-refractivity contribution in [3.05, 3.63) is 84.8 Å². The Morgan fingerprint density at radius 3 is 2.32 bits per heavy atom. The quantitative estimate of drug-likeness (QED) is 0.632. The fraction of sp³-hybridized carbons (Fsp3) is 0.136. The first-order chi connectivity index (χ1) is 13.8. The van der Waals surface area contributed by atoms with E-state index in [0.717, 1.165) is 18.7 Å². The number of aliphatic imine (C=N–C) groups is 1. The van der Waals surface area contributed by atoms with E-state index in [2.05, 4.69) is 15.0 Å². The van der Waals surface area contributed by atoms with Crippen molar-refractivity contribution in [1.82, 2.24) is 9.97 Å². The Morgan fingerprint density at radius 1 is 0.821 bits per heavy atom. The van der Waals surface area contributed by atoms with Crippen LogP contribution in [0.4, 0.5) is 0 Å². The Labute approximate surface area is 163 Å². The highest BCUT2D eigenvalue weighted by atomic mass is 16.5. The Kier molecular flexibility index (Phi) is 5.58. The molecule has 2 aromatic heterocycles. The molecule has 6 heteroatoms. The van der Waals surface area contributed by atoms with Gasteiger partial charge in [-0.2, -0.15) is 0 Å². The fourth-order valence-electron chi connectivity index (χ4n) is 2.59. The lowest BCUT2D eigenvalue weighted by atomic mass is 10.3. The molecule has 0 radical (unpaired) electrons. The molecule has 140 valence electrons. The first kappa shape index (κ1) is 17.7. The number of ether oxygens (including phenoxy) is 3. The number of nitrogens with zero attached hydrogens (tertiary/aromatic N) is 3. The van der Waals surface area contributed by atoms with Gasteiger partial charge in [-0.05, 0) is 30.7 Å². The normalized spacial score (nSPS) is 12.9. The first-order valence-corrected chi connectivity index (χ1v) is 9.01. The maximum absolute atomic E-state index is 5.90. The van der Waals surface area contributed by atoms with Gasteiger partial charge in [-0.3, -0.25) is 9.98 Å². The topological polar surface area (TPSA) is 65.8 Å². The van der Waals surface area contributed by atoms with Crippen LogP contribution in [-0.4, -0.2) is 22.4 Å². The smallest absolute Gasteiger partial charge is 0.219 e. The molecule has 0 spiro atoms. The predicted octanol–water partition coefficient (Wildman–Crippen LogP) is 4.59. The average molecular weight is 373 g/mol. The Balaban J connectivity index is 1.56. The summed E-state index contributed by atoms with van der Waals surface area (Å²) in [6.07, 6.45) is 8.24. The van der Waals surface area contributed by atoms with Crippen molar-refractivity contribution in [2.75, 3.05) is 6.54 Å². The van der Waals surface area contributed by atoms with Gasteiger partial charge in [0.2, 0.25) is 11.8 Å². The molecule has 1 aliphatic rings. The van der Waals surface area contributed by atoms with E-state index in [-0.39, 0.29) is 0 Å². The highest BCUT2D eigenvalue weighted by molar-refractivity contribution is 5.90. The number of dihydropyridines is 1. The van der Waals surface area contributed by atoms with E-state index >= 15 is 0 Å². The minimum Gasteiger partial charge on any atom is -0.487 e. The van der Waals surface area contributed by atoms with Crippen molar-refractivity contribution >= 4 is 5.90 Å². The van der Waals surface area contributed by atoms with Crippen LogP contribution in [0.3, 0.4) is 0 Å². The maximum atomic E-state index is 5.90. The molecule has 0 saturated heterocycles. The third-order valence-electron chi connectivity index (χ3n) is 3.87. The van der Waals surface area contributed by atoms with Crippen LogP contribution in [0.1, 0.15) is 12.1 Å². The fourth-order valence-corrected chi connectivity index (χ4v) is 2.59. The maximum Gasteiger partial charge on any atom is 0.219 e. The van der Waals surface area contributed by atoms with Gasteiger partial charge in [0.05, 0.1) is 5.69 Å². The number of aromatic nitrogens is 2. The van der Waals surface area contributed by atoms with Crippen LogP contribution in [0.2, 0.25) is 0 Å². The average Bonchev–Trinajstić information content (AvgIpc) is 2.74. The highest BCUT2D eigenvalue weighted by Gasteiger charge is 2.09. The van der Waals surface area contributed by atoms with Crippen molar-refractivity contribution in [3.8, 4) is 23.1 Å². The molecule has 1 aromatic carbocycles. The summed E-state index contributed by atoms with van der Waals surface area (Å²) in [5.74, 6) is 2.80. The molecule has 4 rings (SSSR count). The van der Waals surface area contributed by atoms with Crippen molar-refractivity contribution in [1.29, 1.82) is 0 Å². The molecule has 0 aliphatic carbocycles. The van der Waals surface area contributed by atoms with Crippen LogP contribution in [-0.2, 0) is 6.61 Å². The van der Waals surface area contributed by atoms with Gasteiger partial charge in [-0.15, -0.1) is 0 Å². The summed E-state index contributed by atoms with van der Waals surface area (Å²) in [4.78, 5) is 12.8. The monoisotopic (exact) mass is 373 g/mol. The molecule has 0 bridgehead atoms. The largest absolute Gasteiger partial charge is 0.487 e. The van der Waals surface area contributed by atoms with Crippen LogP contribution >= 0.6 is 0 Å². The molecular formula is C22H19N3O3. The van der Waals surface area contributed by atoms with E-state index in [1.807, 2.05) is 42.5 Å². The van der Waals surface area contributed by atoms with Crippen molar-refractivity contribution in [3.63, 3.8) is 0 Å². The second-order valence-corrected chi connectivity index (χ2v) is 6.03. The molecule has 28 heavy (non-hydrogen) atoms. The zero-order valence-corrected chi connectivity index (χ0v) is 15.2. The second-order valence-electron chi connectivity index (χ2n) is 6.03. The molecule has 3 aromatic rings. The van der Waals surface area contributed by atoms with Crippen molar-refractivity contribution < 1.29 is 14.2 Å². The summed E-state index contributed by atoms with van der Waals surface area (Å²) < 4.78 is 17.6. The zero-order valence-electron chi connectivity index (χ0n) is 15.2. The molecular weight excluding hydrogens is 354 g/mol. The molecule has 3 heterocycles. The van der Waals surface area contributed by atoms with Crippen molar-refractivity contribution in [2.24, 2.45) is 4.99 Å². The summed E-state index contributed by atoms with van der Waals surface area (Å²) in [7, 11) is 0. The van der Waals surface area contributed by atoms with Gasteiger partial charge in [0.1, 0.15) is 23.9 Å². The summed E-state index contributed by atoms with van der Waals surface area (Å²) in [6, 6.07) is 16.6. The first-order valence-electron chi connectivity index (χ1n) is 9.01. The summed E-state index contributed by atoms with van der Waals surface area (Å²) in [5.41, 5.74) is 0.834. The van der Waals surface area contributed by atoms with Gasteiger partial charge in [0.15, 0.2) is 0 Å². The van der Waals surface area contributed by atoms with Crippen LogP contribution < -0.4 is 14.2 Å². The lowest BCUT2D eigenvalue weighted by Gasteiger charge is -2.13. The molecule has 0 unspecified atom stereocenters. The number of benzene rings is 1. The number of hydrogen-bond donors (Lipinski definition) is 0. The summed E-state index contributed by atoms with van der Waals surface area (Å²) >= 11 is 0. The van der Waals surface area contributed by atoms with E-state index < -0.39 is 0 Å². The third kappa shape index (κ3) is 4.94. The lowest BCUT2D eigenvalue weighted by molar-refractivity contribution is 0.298. The van der Waals surface area contributed by atoms with Crippen LogP contribution in [0.15, 0.2) is 84.1 Å². The van der Waals surface area contributed by atoms with E-state index in [1.54, 1.807) is 36.7 Å². The summed E-state index contributed by atoms with van der Waals surface area (Å²) in [5, 5.41) is 0. The molecule has 0 atom stereocenters. The molecule has 0 amide bonds. The number of pyridine rings is 2.